The fraction of sp³-hybridized carbons (Fsp3) is 0.385. The maximum atomic E-state index is 5.51. The molecule has 1 rings (SSSR count). The summed E-state index contributed by atoms with van der Waals surface area (Å²) in [5.41, 5.74) is 2.23. The van der Waals surface area contributed by atoms with Crippen LogP contribution in [0.15, 0.2) is 36.4 Å². The van der Waals surface area contributed by atoms with E-state index in [0.29, 0.717) is 6.61 Å². The van der Waals surface area contributed by atoms with Crippen LogP contribution in [0.1, 0.15) is 20.3 Å². The molecule has 1 aromatic carbocycles. The minimum absolute atomic E-state index is 0.688. The van der Waals surface area contributed by atoms with Gasteiger partial charge >= 0.3 is 0 Å². The number of benzene rings is 1. The summed E-state index contributed by atoms with van der Waals surface area (Å²) in [5.74, 6) is 0.906. The van der Waals surface area contributed by atoms with Crippen molar-refractivity contribution in [3.63, 3.8) is 0 Å². The lowest BCUT2D eigenvalue weighted by Crippen LogP contribution is -2.05. The number of ether oxygens (including phenoxy) is 1. The summed E-state index contributed by atoms with van der Waals surface area (Å²) in [5, 5.41) is 3.32. The Hall–Kier alpha value is -1.44. The first-order valence-electron chi connectivity index (χ1n) is 5.40. The molecule has 0 aliphatic heterocycles. The van der Waals surface area contributed by atoms with Gasteiger partial charge in [0.25, 0.3) is 0 Å². The highest BCUT2D eigenvalue weighted by molar-refractivity contribution is 5.56. The van der Waals surface area contributed by atoms with Crippen LogP contribution in [0.25, 0.3) is 0 Å². The Bertz CT molecular complexity index is 320. The molecule has 82 valence electrons. The van der Waals surface area contributed by atoms with Crippen LogP contribution < -0.4 is 10.1 Å². The van der Waals surface area contributed by atoms with Gasteiger partial charge in [-0.25, -0.2) is 0 Å². The average molecular weight is 205 g/mol. The van der Waals surface area contributed by atoms with Gasteiger partial charge in [0.15, 0.2) is 0 Å². The lowest BCUT2D eigenvalue weighted by molar-refractivity contribution is 0.342. The van der Waals surface area contributed by atoms with Crippen LogP contribution in [0.2, 0.25) is 0 Å². The van der Waals surface area contributed by atoms with Crippen LogP contribution in [0.3, 0.4) is 0 Å². The van der Waals surface area contributed by atoms with Gasteiger partial charge in [-0.2, -0.15) is 0 Å². The highest BCUT2D eigenvalue weighted by Gasteiger charge is 2.01. The molecule has 0 aliphatic carbocycles. The summed E-state index contributed by atoms with van der Waals surface area (Å²) in [7, 11) is 0. The van der Waals surface area contributed by atoms with Crippen molar-refractivity contribution in [3.8, 4) is 5.75 Å². The molecule has 0 unspecified atom stereocenters. The van der Waals surface area contributed by atoms with Gasteiger partial charge in [-0.05, 0) is 25.5 Å². The summed E-state index contributed by atoms with van der Waals surface area (Å²) >= 11 is 0. The zero-order chi connectivity index (χ0) is 11.1. The fourth-order valence-electron chi connectivity index (χ4n) is 1.24. The molecule has 0 heterocycles. The van der Waals surface area contributed by atoms with Crippen molar-refractivity contribution in [2.75, 3.05) is 18.5 Å². The van der Waals surface area contributed by atoms with Gasteiger partial charge in [-0.3, -0.25) is 0 Å². The molecule has 0 aromatic heterocycles. The number of hydrogen-bond acceptors (Lipinski definition) is 2. The second kappa shape index (κ2) is 6.12. The molecule has 0 bridgehead atoms. The molecule has 0 saturated heterocycles. The van der Waals surface area contributed by atoms with Gasteiger partial charge in [0.05, 0.1) is 12.3 Å². The van der Waals surface area contributed by atoms with Gasteiger partial charge in [0.1, 0.15) is 5.75 Å². The molecule has 0 saturated carbocycles. The third-order valence-corrected chi connectivity index (χ3v) is 2.22. The molecule has 0 radical (unpaired) electrons. The fourth-order valence-corrected chi connectivity index (χ4v) is 1.24. The minimum atomic E-state index is 0.688. The molecular weight excluding hydrogens is 186 g/mol. The number of hydrogen-bond donors (Lipinski definition) is 1. The van der Waals surface area contributed by atoms with Crippen LogP contribution in [0, 0.1) is 0 Å². The van der Waals surface area contributed by atoms with Crippen molar-refractivity contribution in [1.29, 1.82) is 0 Å². The first-order valence-corrected chi connectivity index (χ1v) is 5.40. The van der Waals surface area contributed by atoms with Crippen molar-refractivity contribution in [1.82, 2.24) is 0 Å². The minimum Gasteiger partial charge on any atom is -0.492 e. The summed E-state index contributed by atoms with van der Waals surface area (Å²) in [6, 6.07) is 7.97. The maximum absolute atomic E-state index is 5.51. The van der Waals surface area contributed by atoms with Crippen molar-refractivity contribution in [2.24, 2.45) is 0 Å². The molecule has 0 amide bonds. The van der Waals surface area contributed by atoms with Crippen LogP contribution in [-0.4, -0.2) is 13.2 Å². The highest BCUT2D eigenvalue weighted by Crippen LogP contribution is 2.23. The number of nitrogens with one attached hydrogen (secondary N) is 1. The van der Waals surface area contributed by atoms with E-state index in [9.17, 15) is 0 Å². The number of anilines is 1. The smallest absolute Gasteiger partial charge is 0.142 e. The standard InChI is InChI=1S/C13H19NO/c1-4-11(3)10-14-12-8-6-7-9-13(12)15-5-2/h6-9,14H,3-5,10H2,1-2H3. The summed E-state index contributed by atoms with van der Waals surface area (Å²) in [6.45, 7) is 9.55. The summed E-state index contributed by atoms with van der Waals surface area (Å²) in [6.07, 6.45) is 1.00. The quantitative estimate of drug-likeness (QED) is 0.718. The van der Waals surface area contributed by atoms with Crippen LogP contribution >= 0.6 is 0 Å². The molecule has 0 atom stereocenters. The van der Waals surface area contributed by atoms with Gasteiger partial charge in [-0.1, -0.05) is 31.2 Å². The Morgan fingerprint density at radius 2 is 2.07 bits per heavy atom. The van der Waals surface area contributed by atoms with E-state index in [1.54, 1.807) is 0 Å². The van der Waals surface area contributed by atoms with E-state index in [-0.39, 0.29) is 0 Å². The van der Waals surface area contributed by atoms with E-state index in [0.717, 1.165) is 24.4 Å². The van der Waals surface area contributed by atoms with Crippen LogP contribution in [0.5, 0.6) is 5.75 Å². The van der Waals surface area contributed by atoms with Crippen molar-refractivity contribution >= 4 is 5.69 Å². The monoisotopic (exact) mass is 205 g/mol. The normalized spacial score (nSPS) is 9.73. The summed E-state index contributed by atoms with van der Waals surface area (Å²) < 4.78 is 5.51. The molecule has 0 fully saturated rings. The molecule has 15 heavy (non-hydrogen) atoms. The maximum Gasteiger partial charge on any atom is 0.142 e. The zero-order valence-corrected chi connectivity index (χ0v) is 9.55. The van der Waals surface area contributed by atoms with E-state index in [2.05, 4.69) is 18.8 Å². The van der Waals surface area contributed by atoms with E-state index >= 15 is 0 Å². The van der Waals surface area contributed by atoms with E-state index < -0.39 is 0 Å². The molecule has 2 nitrogen and oxygen atoms in total. The average Bonchev–Trinajstić information content (AvgIpc) is 2.28. The van der Waals surface area contributed by atoms with Crippen LogP contribution in [-0.2, 0) is 0 Å². The van der Waals surface area contributed by atoms with Crippen molar-refractivity contribution in [3.05, 3.63) is 36.4 Å². The second-order valence-corrected chi connectivity index (χ2v) is 3.39. The molecule has 1 aromatic rings. The Morgan fingerprint density at radius 1 is 1.33 bits per heavy atom. The predicted octanol–water partition coefficient (Wildman–Crippen LogP) is 3.46. The molecule has 1 N–H and O–H groups in total. The lowest BCUT2D eigenvalue weighted by atomic mass is 10.2. The van der Waals surface area contributed by atoms with E-state index in [1.165, 1.54) is 5.57 Å². The van der Waals surface area contributed by atoms with Gasteiger partial charge in [0.2, 0.25) is 0 Å². The predicted molar refractivity (Wildman–Crippen MR) is 65.5 cm³/mol. The Labute approximate surface area is 92.0 Å². The first-order chi connectivity index (χ1) is 7.27. The van der Waals surface area contributed by atoms with E-state index in [1.807, 2.05) is 31.2 Å². The Kier molecular flexibility index (Phi) is 4.75. The number of para-hydroxylation sites is 2. The van der Waals surface area contributed by atoms with Crippen molar-refractivity contribution in [2.45, 2.75) is 20.3 Å². The van der Waals surface area contributed by atoms with Crippen LogP contribution in [0.4, 0.5) is 5.69 Å². The zero-order valence-electron chi connectivity index (χ0n) is 9.55. The Balaban J connectivity index is 2.62. The number of rotatable bonds is 6. The third kappa shape index (κ3) is 3.66. The molecule has 0 aliphatic rings. The Morgan fingerprint density at radius 3 is 2.73 bits per heavy atom. The van der Waals surface area contributed by atoms with Gasteiger partial charge in [-0.15, -0.1) is 0 Å². The van der Waals surface area contributed by atoms with Gasteiger partial charge < -0.3 is 10.1 Å². The second-order valence-electron chi connectivity index (χ2n) is 3.39. The highest BCUT2D eigenvalue weighted by atomic mass is 16.5. The molecule has 0 spiro atoms. The largest absolute Gasteiger partial charge is 0.492 e. The molecular formula is C13H19NO. The third-order valence-electron chi connectivity index (χ3n) is 2.22. The van der Waals surface area contributed by atoms with Gasteiger partial charge in [0, 0.05) is 6.54 Å². The SMILES string of the molecule is C=C(CC)CNc1ccccc1OCC. The van der Waals surface area contributed by atoms with Crippen molar-refractivity contribution < 1.29 is 4.74 Å². The first kappa shape index (κ1) is 11.6. The van der Waals surface area contributed by atoms with E-state index in [4.69, 9.17) is 4.74 Å². The topological polar surface area (TPSA) is 21.3 Å². The molecule has 2 heteroatoms. The lowest BCUT2D eigenvalue weighted by Gasteiger charge is -2.12. The summed E-state index contributed by atoms with van der Waals surface area (Å²) in [4.78, 5) is 0.